The largest absolute Gasteiger partial charge is 0.497 e. The van der Waals surface area contributed by atoms with Gasteiger partial charge in [-0.25, -0.2) is 4.98 Å². The Morgan fingerprint density at radius 3 is 2.51 bits per heavy atom. The lowest BCUT2D eigenvalue weighted by atomic mass is 10.1. The molecule has 0 fully saturated rings. The summed E-state index contributed by atoms with van der Waals surface area (Å²) in [5, 5.41) is 12.9. The van der Waals surface area contributed by atoms with Crippen molar-refractivity contribution in [3.8, 4) is 22.8 Å². The number of thiazole rings is 1. The van der Waals surface area contributed by atoms with Crippen LogP contribution < -0.4 is 10.1 Å². The summed E-state index contributed by atoms with van der Waals surface area (Å²) in [5.41, 5.74) is 3.00. The van der Waals surface area contributed by atoms with E-state index < -0.39 is 0 Å². The molecular formula is C27H22BrN5O2S2. The van der Waals surface area contributed by atoms with Gasteiger partial charge in [-0.3, -0.25) is 9.36 Å². The van der Waals surface area contributed by atoms with Crippen LogP contribution in [0.5, 0.6) is 5.75 Å². The van der Waals surface area contributed by atoms with Crippen molar-refractivity contribution in [1.82, 2.24) is 19.7 Å². The highest BCUT2D eigenvalue weighted by Gasteiger charge is 2.18. The molecule has 0 bridgehead atoms. The Balaban J connectivity index is 1.28. The number of ether oxygens (including phenoxy) is 1. The molecule has 0 saturated heterocycles. The van der Waals surface area contributed by atoms with Gasteiger partial charge in [0.2, 0.25) is 5.91 Å². The second kappa shape index (κ2) is 11.7. The molecule has 0 unspecified atom stereocenters. The van der Waals surface area contributed by atoms with E-state index in [2.05, 4.69) is 48.6 Å². The number of aromatic nitrogens is 4. The summed E-state index contributed by atoms with van der Waals surface area (Å²) in [6.45, 7) is 0. The monoisotopic (exact) mass is 591 g/mol. The van der Waals surface area contributed by atoms with Gasteiger partial charge in [0.15, 0.2) is 16.1 Å². The summed E-state index contributed by atoms with van der Waals surface area (Å²) in [6.07, 6.45) is 2.58. The smallest absolute Gasteiger partial charge is 0.236 e. The van der Waals surface area contributed by atoms with Crippen LogP contribution in [0.25, 0.3) is 17.1 Å². The molecule has 1 amide bonds. The molecule has 5 aromatic rings. The first-order chi connectivity index (χ1) is 18.1. The second-order valence-electron chi connectivity index (χ2n) is 7.98. The summed E-state index contributed by atoms with van der Waals surface area (Å²) in [7, 11) is 1.64. The van der Waals surface area contributed by atoms with Crippen LogP contribution >= 0.6 is 39.0 Å². The van der Waals surface area contributed by atoms with Crippen molar-refractivity contribution in [3.05, 3.63) is 100.0 Å². The average molecular weight is 593 g/mol. The van der Waals surface area contributed by atoms with Gasteiger partial charge in [-0.05, 0) is 54.1 Å². The minimum absolute atomic E-state index is 0.150. The van der Waals surface area contributed by atoms with Crippen molar-refractivity contribution in [2.45, 2.75) is 11.6 Å². The van der Waals surface area contributed by atoms with Gasteiger partial charge in [0.1, 0.15) is 5.75 Å². The van der Waals surface area contributed by atoms with Crippen LogP contribution in [0.4, 0.5) is 5.13 Å². The first-order valence-corrected chi connectivity index (χ1v) is 14.0. The Morgan fingerprint density at radius 2 is 1.78 bits per heavy atom. The highest BCUT2D eigenvalue weighted by atomic mass is 79.9. The van der Waals surface area contributed by atoms with E-state index in [4.69, 9.17) is 4.74 Å². The summed E-state index contributed by atoms with van der Waals surface area (Å²) in [6, 6.07) is 25.7. The molecule has 0 aliphatic heterocycles. The number of anilines is 1. The van der Waals surface area contributed by atoms with Crippen LogP contribution in [0.3, 0.4) is 0 Å². The predicted molar refractivity (Wildman–Crippen MR) is 152 cm³/mol. The maximum atomic E-state index is 12.7. The fraction of sp³-hybridized carbons (Fsp3) is 0.111. The highest BCUT2D eigenvalue weighted by molar-refractivity contribution is 9.10. The van der Waals surface area contributed by atoms with Crippen LogP contribution in [-0.4, -0.2) is 38.5 Å². The van der Waals surface area contributed by atoms with Gasteiger partial charge >= 0.3 is 0 Å². The zero-order chi connectivity index (χ0) is 25.6. The Bertz CT molecular complexity index is 1490. The van der Waals surface area contributed by atoms with Gasteiger partial charge < -0.3 is 10.1 Å². The van der Waals surface area contributed by atoms with E-state index >= 15 is 0 Å². The van der Waals surface area contributed by atoms with Crippen molar-refractivity contribution < 1.29 is 9.53 Å². The molecule has 7 nitrogen and oxygen atoms in total. The number of halogens is 1. The SMILES string of the molecule is COc1ccc(-c2nnc(SCC(=O)Nc3ncc(Cc4ccc(Br)cc4)s3)n2-c2ccccc2)cc1. The minimum atomic E-state index is -0.150. The number of rotatable bonds is 9. The third-order valence-corrected chi connectivity index (χ3v) is 7.79. The number of thioether (sulfide) groups is 1. The Morgan fingerprint density at radius 1 is 1.03 bits per heavy atom. The molecule has 1 N–H and O–H groups in total. The maximum absolute atomic E-state index is 12.7. The average Bonchev–Trinajstić information content (AvgIpc) is 3.56. The molecule has 0 spiro atoms. The van der Waals surface area contributed by atoms with Crippen LogP contribution in [0.15, 0.2) is 94.7 Å². The first kappa shape index (κ1) is 25.2. The Hall–Kier alpha value is -3.47. The van der Waals surface area contributed by atoms with E-state index in [1.165, 1.54) is 28.7 Å². The normalized spacial score (nSPS) is 10.9. The number of nitrogens with one attached hydrogen (secondary N) is 1. The molecule has 10 heteroatoms. The lowest BCUT2D eigenvalue weighted by Gasteiger charge is -2.10. The molecule has 0 saturated carbocycles. The van der Waals surface area contributed by atoms with E-state index in [9.17, 15) is 4.79 Å². The third-order valence-electron chi connectivity index (χ3n) is 5.42. The van der Waals surface area contributed by atoms with E-state index in [1.807, 2.05) is 77.5 Å². The Labute approximate surface area is 231 Å². The van der Waals surface area contributed by atoms with Gasteiger partial charge in [0.25, 0.3) is 0 Å². The van der Waals surface area contributed by atoms with E-state index in [-0.39, 0.29) is 11.7 Å². The molecule has 5 rings (SSSR count). The molecule has 3 aromatic carbocycles. The fourth-order valence-corrected chi connectivity index (χ4v) is 5.52. The van der Waals surface area contributed by atoms with Gasteiger partial charge in [-0.1, -0.05) is 58.0 Å². The molecular weight excluding hydrogens is 570 g/mol. The zero-order valence-electron chi connectivity index (χ0n) is 19.8. The topological polar surface area (TPSA) is 81.9 Å². The number of hydrogen-bond donors (Lipinski definition) is 1. The standard InChI is InChI=1S/C27H22BrN5O2S2/c1-35-22-13-9-19(10-14-22)25-31-32-27(33(25)21-5-3-2-4-6-21)36-17-24(34)30-26-29-16-23(37-26)15-18-7-11-20(28)12-8-18/h2-14,16H,15,17H2,1H3,(H,29,30,34). The fourth-order valence-electron chi connectivity index (χ4n) is 3.64. The van der Waals surface area contributed by atoms with Crippen molar-refractivity contribution in [3.63, 3.8) is 0 Å². The van der Waals surface area contributed by atoms with E-state index in [0.29, 0.717) is 16.1 Å². The second-order valence-corrected chi connectivity index (χ2v) is 11.0. The van der Waals surface area contributed by atoms with Crippen molar-refractivity contribution in [2.75, 3.05) is 18.2 Å². The lowest BCUT2D eigenvalue weighted by molar-refractivity contribution is -0.113. The molecule has 37 heavy (non-hydrogen) atoms. The minimum Gasteiger partial charge on any atom is -0.497 e. The number of methoxy groups -OCH3 is 1. The molecule has 0 aliphatic rings. The lowest BCUT2D eigenvalue weighted by Crippen LogP contribution is -2.14. The number of carbonyl (C=O) groups is 1. The van der Waals surface area contributed by atoms with Gasteiger partial charge in [-0.2, -0.15) is 0 Å². The van der Waals surface area contributed by atoms with Crippen LogP contribution in [0.2, 0.25) is 0 Å². The van der Waals surface area contributed by atoms with Crippen LogP contribution in [-0.2, 0) is 11.2 Å². The number of amides is 1. The zero-order valence-corrected chi connectivity index (χ0v) is 23.0. The summed E-state index contributed by atoms with van der Waals surface area (Å²) >= 11 is 6.26. The van der Waals surface area contributed by atoms with Crippen molar-refractivity contribution >= 4 is 50.1 Å². The summed E-state index contributed by atoms with van der Waals surface area (Å²) < 4.78 is 8.28. The number of benzene rings is 3. The molecule has 0 atom stereocenters. The number of nitrogens with zero attached hydrogens (tertiary/aromatic N) is 4. The van der Waals surface area contributed by atoms with Crippen molar-refractivity contribution in [1.29, 1.82) is 0 Å². The van der Waals surface area contributed by atoms with E-state index in [1.54, 1.807) is 7.11 Å². The van der Waals surface area contributed by atoms with Gasteiger partial charge in [0, 0.05) is 33.2 Å². The van der Waals surface area contributed by atoms with Gasteiger partial charge in [-0.15, -0.1) is 21.5 Å². The van der Waals surface area contributed by atoms with E-state index in [0.717, 1.165) is 32.8 Å². The Kier molecular flexibility index (Phi) is 7.98. The first-order valence-electron chi connectivity index (χ1n) is 11.4. The number of carbonyl (C=O) groups excluding carboxylic acids is 1. The van der Waals surface area contributed by atoms with Crippen LogP contribution in [0, 0.1) is 0 Å². The predicted octanol–water partition coefficient (Wildman–Crippen LogP) is 6.48. The molecule has 0 aliphatic carbocycles. The van der Waals surface area contributed by atoms with Gasteiger partial charge in [0.05, 0.1) is 12.9 Å². The quantitative estimate of drug-likeness (QED) is 0.197. The van der Waals surface area contributed by atoms with Crippen LogP contribution in [0.1, 0.15) is 10.4 Å². The van der Waals surface area contributed by atoms with Crippen molar-refractivity contribution in [2.24, 2.45) is 0 Å². The number of hydrogen-bond acceptors (Lipinski definition) is 7. The summed E-state index contributed by atoms with van der Waals surface area (Å²) in [5.74, 6) is 1.48. The number of para-hydroxylation sites is 1. The summed E-state index contributed by atoms with van der Waals surface area (Å²) in [4.78, 5) is 18.2. The molecule has 2 heterocycles. The molecule has 186 valence electrons. The molecule has 2 aromatic heterocycles. The third kappa shape index (κ3) is 6.27. The molecule has 0 radical (unpaired) electrons. The highest BCUT2D eigenvalue weighted by Crippen LogP contribution is 2.29. The maximum Gasteiger partial charge on any atom is 0.236 e.